The summed E-state index contributed by atoms with van der Waals surface area (Å²) in [6.45, 7) is 3.81. The van der Waals surface area contributed by atoms with Gasteiger partial charge in [-0.15, -0.1) is 11.3 Å². The summed E-state index contributed by atoms with van der Waals surface area (Å²) in [5.74, 6) is 0. The monoisotopic (exact) mass is 292 g/mol. The van der Waals surface area contributed by atoms with E-state index in [0.29, 0.717) is 5.69 Å². The van der Waals surface area contributed by atoms with Crippen LogP contribution in [0.25, 0.3) is 10.2 Å². The van der Waals surface area contributed by atoms with Crippen LogP contribution in [0.3, 0.4) is 0 Å². The Labute approximate surface area is 120 Å². The molecule has 0 radical (unpaired) electrons. The van der Waals surface area contributed by atoms with E-state index in [4.69, 9.17) is 0 Å². The van der Waals surface area contributed by atoms with Gasteiger partial charge in [0.05, 0.1) is 20.1 Å². The highest BCUT2D eigenvalue weighted by atomic mass is 32.1. The van der Waals surface area contributed by atoms with E-state index in [-0.39, 0.29) is 16.7 Å². The molecular formula is C13H16N4O2S. The first-order valence-electron chi connectivity index (χ1n) is 6.66. The molecule has 1 aliphatic rings. The Morgan fingerprint density at radius 3 is 2.90 bits per heavy atom. The molecule has 1 aromatic heterocycles. The van der Waals surface area contributed by atoms with Crippen LogP contribution in [-0.4, -0.2) is 29.0 Å². The van der Waals surface area contributed by atoms with Gasteiger partial charge in [-0.1, -0.05) is 0 Å². The average Bonchev–Trinajstić information content (AvgIpc) is 2.78. The molecule has 0 bridgehead atoms. The molecule has 2 N–H and O–H groups in total. The molecule has 1 saturated heterocycles. The molecule has 2 aromatic rings. The molecule has 0 saturated carbocycles. The van der Waals surface area contributed by atoms with E-state index in [0.717, 1.165) is 41.2 Å². The number of nitro groups is 1. The number of hydrogen-bond donors (Lipinski definition) is 2. The SMILES string of the molecule is Cc1nc2cc(NC3CCNCC3)c([N+](=O)[O-])cc2s1. The Hall–Kier alpha value is -1.73. The second-order valence-corrected chi connectivity index (χ2v) is 6.23. The van der Waals surface area contributed by atoms with Crippen molar-refractivity contribution >= 4 is 32.9 Å². The minimum absolute atomic E-state index is 0.139. The molecule has 0 amide bonds. The van der Waals surface area contributed by atoms with Gasteiger partial charge in [-0.2, -0.15) is 0 Å². The number of aryl methyl sites for hydroxylation is 1. The molecule has 0 spiro atoms. The fourth-order valence-corrected chi connectivity index (χ4v) is 3.37. The summed E-state index contributed by atoms with van der Waals surface area (Å²) >= 11 is 1.49. The molecule has 0 unspecified atom stereocenters. The molecule has 2 heterocycles. The molecule has 6 nitrogen and oxygen atoms in total. The van der Waals surface area contributed by atoms with Crippen LogP contribution in [0.2, 0.25) is 0 Å². The molecule has 106 valence electrons. The van der Waals surface area contributed by atoms with E-state index >= 15 is 0 Å². The van der Waals surface area contributed by atoms with Gasteiger partial charge in [0, 0.05) is 12.1 Å². The van der Waals surface area contributed by atoms with Crippen LogP contribution in [-0.2, 0) is 0 Å². The molecule has 1 fully saturated rings. The minimum Gasteiger partial charge on any atom is -0.377 e. The summed E-state index contributed by atoms with van der Waals surface area (Å²) in [4.78, 5) is 15.3. The van der Waals surface area contributed by atoms with Gasteiger partial charge in [0.25, 0.3) is 5.69 Å². The Kier molecular flexibility index (Phi) is 3.54. The van der Waals surface area contributed by atoms with Gasteiger partial charge in [0.2, 0.25) is 0 Å². The zero-order valence-corrected chi connectivity index (χ0v) is 12.0. The zero-order valence-electron chi connectivity index (χ0n) is 11.2. The van der Waals surface area contributed by atoms with Crippen LogP contribution in [0.4, 0.5) is 11.4 Å². The van der Waals surface area contributed by atoms with Crippen LogP contribution < -0.4 is 10.6 Å². The smallest absolute Gasteiger partial charge is 0.293 e. The first kappa shape index (κ1) is 13.3. The molecule has 20 heavy (non-hydrogen) atoms. The topological polar surface area (TPSA) is 80.1 Å². The maximum atomic E-state index is 11.3. The van der Waals surface area contributed by atoms with Crippen LogP contribution in [0.5, 0.6) is 0 Å². The largest absolute Gasteiger partial charge is 0.377 e. The van der Waals surface area contributed by atoms with E-state index < -0.39 is 0 Å². The molecule has 0 atom stereocenters. The molecular weight excluding hydrogens is 276 g/mol. The van der Waals surface area contributed by atoms with Crippen molar-refractivity contribution in [2.75, 3.05) is 18.4 Å². The second kappa shape index (κ2) is 5.34. The van der Waals surface area contributed by atoms with Crippen LogP contribution >= 0.6 is 11.3 Å². The normalized spacial score (nSPS) is 16.4. The van der Waals surface area contributed by atoms with Crippen molar-refractivity contribution in [2.45, 2.75) is 25.8 Å². The lowest BCUT2D eigenvalue weighted by atomic mass is 10.1. The summed E-state index contributed by atoms with van der Waals surface area (Å²) < 4.78 is 0.866. The maximum Gasteiger partial charge on any atom is 0.293 e. The maximum absolute atomic E-state index is 11.3. The van der Waals surface area contributed by atoms with Crippen LogP contribution in [0.15, 0.2) is 12.1 Å². The van der Waals surface area contributed by atoms with E-state index in [2.05, 4.69) is 15.6 Å². The fraction of sp³-hybridized carbons (Fsp3) is 0.462. The third-order valence-corrected chi connectivity index (χ3v) is 4.44. The summed E-state index contributed by atoms with van der Waals surface area (Å²) in [7, 11) is 0. The first-order valence-corrected chi connectivity index (χ1v) is 7.48. The van der Waals surface area contributed by atoms with E-state index in [1.165, 1.54) is 11.3 Å². The number of rotatable bonds is 3. The van der Waals surface area contributed by atoms with Gasteiger partial charge in [-0.3, -0.25) is 10.1 Å². The standard InChI is InChI=1S/C13H16N4O2S/c1-8-15-11-6-10(16-9-2-4-14-5-3-9)12(17(18)19)7-13(11)20-8/h6-7,9,14,16H,2-5H2,1H3. The number of piperidine rings is 1. The van der Waals surface area contributed by atoms with E-state index in [1.54, 1.807) is 12.1 Å². The Bertz CT molecular complexity index is 649. The van der Waals surface area contributed by atoms with Crippen molar-refractivity contribution < 1.29 is 4.92 Å². The molecule has 1 aromatic carbocycles. The lowest BCUT2D eigenvalue weighted by molar-refractivity contribution is -0.383. The summed E-state index contributed by atoms with van der Waals surface area (Å²) in [5.41, 5.74) is 1.55. The molecule has 1 aliphatic heterocycles. The van der Waals surface area contributed by atoms with Crippen molar-refractivity contribution in [3.8, 4) is 0 Å². The average molecular weight is 292 g/mol. The van der Waals surface area contributed by atoms with Gasteiger partial charge in [0.15, 0.2) is 0 Å². The highest BCUT2D eigenvalue weighted by Crippen LogP contribution is 2.33. The van der Waals surface area contributed by atoms with Crippen molar-refractivity contribution in [3.05, 3.63) is 27.3 Å². The fourth-order valence-electron chi connectivity index (χ4n) is 2.53. The van der Waals surface area contributed by atoms with Crippen LogP contribution in [0, 0.1) is 17.0 Å². The number of fused-ring (bicyclic) bond motifs is 1. The van der Waals surface area contributed by atoms with Gasteiger partial charge < -0.3 is 10.6 Å². The van der Waals surface area contributed by atoms with Crippen molar-refractivity contribution in [3.63, 3.8) is 0 Å². The summed E-state index contributed by atoms with van der Waals surface area (Å²) in [6, 6.07) is 3.72. The predicted octanol–water partition coefficient (Wildman–Crippen LogP) is 2.68. The number of benzene rings is 1. The Morgan fingerprint density at radius 2 is 2.20 bits per heavy atom. The third kappa shape index (κ3) is 2.59. The number of hydrogen-bond acceptors (Lipinski definition) is 6. The third-order valence-electron chi connectivity index (χ3n) is 3.51. The van der Waals surface area contributed by atoms with Crippen LogP contribution in [0.1, 0.15) is 17.8 Å². The molecule has 0 aliphatic carbocycles. The van der Waals surface area contributed by atoms with Crippen molar-refractivity contribution in [2.24, 2.45) is 0 Å². The highest BCUT2D eigenvalue weighted by Gasteiger charge is 2.20. The van der Waals surface area contributed by atoms with Gasteiger partial charge in [-0.25, -0.2) is 4.98 Å². The van der Waals surface area contributed by atoms with Gasteiger partial charge >= 0.3 is 0 Å². The number of nitrogens with zero attached hydrogens (tertiary/aromatic N) is 2. The van der Waals surface area contributed by atoms with E-state index in [9.17, 15) is 10.1 Å². The highest BCUT2D eigenvalue weighted by molar-refractivity contribution is 7.18. The number of aromatic nitrogens is 1. The zero-order chi connectivity index (χ0) is 14.1. The number of thiazole rings is 1. The van der Waals surface area contributed by atoms with E-state index in [1.807, 2.05) is 6.92 Å². The quantitative estimate of drug-likeness (QED) is 0.671. The number of nitro benzene ring substituents is 1. The lowest BCUT2D eigenvalue weighted by Crippen LogP contribution is -2.35. The van der Waals surface area contributed by atoms with Crippen molar-refractivity contribution in [1.29, 1.82) is 0 Å². The lowest BCUT2D eigenvalue weighted by Gasteiger charge is -2.24. The Balaban J connectivity index is 1.97. The predicted molar refractivity (Wildman–Crippen MR) is 80.5 cm³/mol. The van der Waals surface area contributed by atoms with Gasteiger partial charge in [0.1, 0.15) is 5.69 Å². The number of nitrogens with one attached hydrogen (secondary N) is 2. The molecule has 3 rings (SSSR count). The van der Waals surface area contributed by atoms with Gasteiger partial charge in [-0.05, 0) is 38.9 Å². The molecule has 7 heteroatoms. The number of anilines is 1. The minimum atomic E-state index is -0.322. The second-order valence-electron chi connectivity index (χ2n) is 5.00. The van der Waals surface area contributed by atoms with Crippen molar-refractivity contribution in [1.82, 2.24) is 10.3 Å². The summed E-state index contributed by atoms with van der Waals surface area (Å²) in [5, 5.41) is 18.8. The Morgan fingerprint density at radius 1 is 1.45 bits per heavy atom. The first-order chi connectivity index (χ1) is 9.63. The summed E-state index contributed by atoms with van der Waals surface area (Å²) in [6.07, 6.45) is 1.95.